The Morgan fingerprint density at radius 1 is 1.58 bits per heavy atom. The Hall–Kier alpha value is -1.37. The van der Waals surface area contributed by atoms with Gasteiger partial charge in [0.2, 0.25) is 5.91 Å². The standard InChI is InChI=1S/C12H19N3O3S/c1-9(2)15-5-4-13-11(15)7-14-12(16)10-3-6-19(17,18)8-10/h4-5,9-10H,3,6-8H2,1-2H3,(H,14,16)/t10-/m1/s1. The van der Waals surface area contributed by atoms with Gasteiger partial charge < -0.3 is 9.88 Å². The lowest BCUT2D eigenvalue weighted by Crippen LogP contribution is -2.32. The molecule has 1 amide bonds. The Morgan fingerprint density at radius 3 is 2.89 bits per heavy atom. The van der Waals surface area contributed by atoms with Crippen molar-refractivity contribution in [2.75, 3.05) is 11.5 Å². The molecular formula is C12H19N3O3S. The smallest absolute Gasteiger partial charge is 0.224 e. The third-order valence-corrected chi connectivity index (χ3v) is 5.10. The molecule has 1 fully saturated rings. The van der Waals surface area contributed by atoms with E-state index in [4.69, 9.17) is 0 Å². The molecule has 1 aromatic heterocycles. The van der Waals surface area contributed by atoms with E-state index in [2.05, 4.69) is 10.3 Å². The predicted octanol–water partition coefficient (Wildman–Crippen LogP) is 0.515. The van der Waals surface area contributed by atoms with Crippen molar-refractivity contribution in [1.82, 2.24) is 14.9 Å². The summed E-state index contributed by atoms with van der Waals surface area (Å²) in [6.45, 7) is 4.41. The topological polar surface area (TPSA) is 81.1 Å². The van der Waals surface area contributed by atoms with Crippen molar-refractivity contribution in [1.29, 1.82) is 0 Å². The SMILES string of the molecule is CC(C)n1ccnc1CNC(=O)[C@@H]1CCS(=O)(=O)C1. The maximum absolute atomic E-state index is 11.9. The Bertz CT molecular complexity index is 563. The van der Waals surface area contributed by atoms with Crippen molar-refractivity contribution < 1.29 is 13.2 Å². The first-order valence-corrected chi connectivity index (χ1v) is 8.21. The second-order valence-electron chi connectivity index (χ2n) is 5.16. The highest BCUT2D eigenvalue weighted by atomic mass is 32.2. The van der Waals surface area contributed by atoms with Gasteiger partial charge in [0, 0.05) is 18.4 Å². The van der Waals surface area contributed by atoms with Crippen molar-refractivity contribution in [2.45, 2.75) is 32.9 Å². The molecule has 0 aromatic carbocycles. The van der Waals surface area contributed by atoms with Gasteiger partial charge in [0.1, 0.15) is 5.82 Å². The minimum absolute atomic E-state index is 0.0303. The molecule has 1 saturated heterocycles. The van der Waals surface area contributed by atoms with Gasteiger partial charge in [0.05, 0.1) is 24.0 Å². The fraction of sp³-hybridized carbons (Fsp3) is 0.667. The second-order valence-corrected chi connectivity index (χ2v) is 7.39. The van der Waals surface area contributed by atoms with Gasteiger partial charge in [-0.1, -0.05) is 0 Å². The minimum Gasteiger partial charge on any atom is -0.349 e. The van der Waals surface area contributed by atoms with Crippen LogP contribution in [0.5, 0.6) is 0 Å². The largest absolute Gasteiger partial charge is 0.349 e. The highest BCUT2D eigenvalue weighted by Gasteiger charge is 2.32. The molecule has 6 nitrogen and oxygen atoms in total. The molecule has 0 spiro atoms. The lowest BCUT2D eigenvalue weighted by Gasteiger charge is -2.13. The zero-order valence-electron chi connectivity index (χ0n) is 11.2. The van der Waals surface area contributed by atoms with Crippen LogP contribution >= 0.6 is 0 Å². The number of hydrogen-bond acceptors (Lipinski definition) is 4. The van der Waals surface area contributed by atoms with Crippen molar-refractivity contribution in [3.8, 4) is 0 Å². The molecule has 0 bridgehead atoms. The molecule has 1 atom stereocenters. The molecule has 19 heavy (non-hydrogen) atoms. The molecule has 0 unspecified atom stereocenters. The third-order valence-electron chi connectivity index (χ3n) is 3.33. The van der Waals surface area contributed by atoms with Crippen LogP contribution in [0.2, 0.25) is 0 Å². The Balaban J connectivity index is 1.92. The minimum atomic E-state index is -3.02. The van der Waals surface area contributed by atoms with Gasteiger partial charge in [-0.2, -0.15) is 0 Å². The lowest BCUT2D eigenvalue weighted by molar-refractivity contribution is -0.124. The van der Waals surface area contributed by atoms with Crippen molar-refractivity contribution >= 4 is 15.7 Å². The summed E-state index contributed by atoms with van der Waals surface area (Å²) in [5.41, 5.74) is 0. The van der Waals surface area contributed by atoms with Crippen molar-refractivity contribution in [2.24, 2.45) is 5.92 Å². The molecule has 1 aromatic rings. The average molecular weight is 285 g/mol. The van der Waals surface area contributed by atoms with Gasteiger partial charge in [-0.3, -0.25) is 4.79 Å². The molecule has 1 N–H and O–H groups in total. The molecule has 2 rings (SSSR count). The summed E-state index contributed by atoms with van der Waals surface area (Å²) in [6, 6.07) is 0.279. The van der Waals surface area contributed by atoms with Crippen LogP contribution in [-0.4, -0.2) is 35.4 Å². The molecule has 1 aliphatic heterocycles. The Labute approximate surface area is 113 Å². The van der Waals surface area contributed by atoms with Crippen LogP contribution in [0, 0.1) is 5.92 Å². The van der Waals surface area contributed by atoms with E-state index in [0.717, 1.165) is 5.82 Å². The second kappa shape index (κ2) is 5.32. The van der Waals surface area contributed by atoms with Gasteiger partial charge in [-0.15, -0.1) is 0 Å². The van der Waals surface area contributed by atoms with Gasteiger partial charge in [0.15, 0.2) is 9.84 Å². The quantitative estimate of drug-likeness (QED) is 0.874. The molecule has 1 aliphatic rings. The fourth-order valence-corrected chi connectivity index (χ4v) is 4.00. The molecule has 2 heterocycles. The summed E-state index contributed by atoms with van der Waals surface area (Å²) in [5.74, 6) is 0.263. The van der Waals surface area contributed by atoms with Crippen molar-refractivity contribution in [3.05, 3.63) is 18.2 Å². The van der Waals surface area contributed by atoms with Crippen LogP contribution in [0.1, 0.15) is 32.1 Å². The highest BCUT2D eigenvalue weighted by Crippen LogP contribution is 2.18. The number of nitrogens with one attached hydrogen (secondary N) is 1. The summed E-state index contributed by atoms with van der Waals surface area (Å²) < 4.78 is 24.6. The van der Waals surface area contributed by atoms with Crippen LogP contribution in [0.4, 0.5) is 0 Å². The number of amides is 1. The van der Waals surface area contributed by atoms with Crippen molar-refractivity contribution in [3.63, 3.8) is 0 Å². The number of carbonyl (C=O) groups is 1. The van der Waals surface area contributed by atoms with E-state index in [0.29, 0.717) is 13.0 Å². The summed E-state index contributed by atoms with van der Waals surface area (Å²) in [5, 5.41) is 2.77. The molecular weight excluding hydrogens is 266 g/mol. The Morgan fingerprint density at radius 2 is 2.32 bits per heavy atom. The maximum atomic E-state index is 11.9. The lowest BCUT2D eigenvalue weighted by atomic mass is 10.1. The van der Waals surface area contributed by atoms with Gasteiger partial charge >= 0.3 is 0 Å². The number of nitrogens with zero attached hydrogens (tertiary/aromatic N) is 2. The first-order valence-electron chi connectivity index (χ1n) is 6.39. The normalized spacial score (nSPS) is 21.7. The average Bonchev–Trinajstić information content (AvgIpc) is 2.92. The van der Waals surface area contributed by atoms with E-state index in [9.17, 15) is 13.2 Å². The molecule has 0 saturated carbocycles. The van der Waals surface area contributed by atoms with Gasteiger partial charge in [-0.05, 0) is 20.3 Å². The number of hydrogen-bond donors (Lipinski definition) is 1. The van der Waals surface area contributed by atoms with Gasteiger partial charge in [0.25, 0.3) is 0 Å². The van der Waals surface area contributed by atoms with E-state index >= 15 is 0 Å². The third kappa shape index (κ3) is 3.34. The summed E-state index contributed by atoms with van der Waals surface area (Å²) in [4.78, 5) is 16.1. The number of aromatic nitrogens is 2. The van der Waals surface area contributed by atoms with E-state index in [-0.39, 0.29) is 23.5 Å². The summed E-state index contributed by atoms with van der Waals surface area (Å²) >= 11 is 0. The zero-order valence-corrected chi connectivity index (χ0v) is 12.0. The number of imidazole rings is 1. The number of rotatable bonds is 4. The van der Waals surface area contributed by atoms with E-state index in [1.807, 2.05) is 24.6 Å². The van der Waals surface area contributed by atoms with Gasteiger partial charge in [-0.25, -0.2) is 13.4 Å². The van der Waals surface area contributed by atoms with E-state index in [1.54, 1.807) is 6.20 Å². The maximum Gasteiger partial charge on any atom is 0.224 e. The zero-order chi connectivity index (χ0) is 14.0. The number of sulfone groups is 1. The first-order chi connectivity index (χ1) is 8.89. The van der Waals surface area contributed by atoms with Crippen LogP contribution < -0.4 is 5.32 Å². The van der Waals surface area contributed by atoms with Crippen LogP contribution in [0.25, 0.3) is 0 Å². The Kier molecular flexibility index (Phi) is 3.93. The monoisotopic (exact) mass is 285 g/mol. The summed E-state index contributed by atoms with van der Waals surface area (Å²) in [7, 11) is -3.02. The van der Waals surface area contributed by atoms with E-state index < -0.39 is 15.8 Å². The molecule has 0 aliphatic carbocycles. The highest BCUT2D eigenvalue weighted by molar-refractivity contribution is 7.91. The first kappa shape index (κ1) is 14.0. The fourth-order valence-electron chi connectivity index (χ4n) is 2.26. The predicted molar refractivity (Wildman–Crippen MR) is 71.2 cm³/mol. The molecule has 7 heteroatoms. The van der Waals surface area contributed by atoms with Crippen LogP contribution in [0.15, 0.2) is 12.4 Å². The van der Waals surface area contributed by atoms with Crippen LogP contribution in [0.3, 0.4) is 0 Å². The summed E-state index contributed by atoms with van der Waals surface area (Å²) in [6.07, 6.45) is 3.99. The van der Waals surface area contributed by atoms with E-state index in [1.165, 1.54) is 0 Å². The number of carbonyl (C=O) groups excluding carboxylic acids is 1. The molecule has 0 radical (unpaired) electrons. The molecule has 106 valence electrons. The van der Waals surface area contributed by atoms with Crippen LogP contribution in [-0.2, 0) is 21.2 Å².